The zero-order valence-electron chi connectivity index (χ0n) is 14.2. The number of ether oxygens (including phenoxy) is 1. The highest BCUT2D eigenvalue weighted by atomic mass is 16.5. The van der Waals surface area contributed by atoms with Crippen LogP contribution in [0, 0.1) is 0 Å². The second kappa shape index (κ2) is 8.15. The molecule has 0 radical (unpaired) electrons. The number of carbonyl (C=O) groups excluding carboxylic acids is 2. The van der Waals surface area contributed by atoms with Gasteiger partial charge < -0.3 is 15.0 Å². The molecule has 0 aliphatic carbocycles. The second-order valence-corrected chi connectivity index (χ2v) is 5.66. The summed E-state index contributed by atoms with van der Waals surface area (Å²) in [6.45, 7) is 0.421. The SMILES string of the molecule is COc1ccccc1CC(=O)NCc1ccc(C(=O)N(C)C)cc1. The predicted molar refractivity (Wildman–Crippen MR) is 93.0 cm³/mol. The van der Waals surface area contributed by atoms with Crippen LogP contribution in [0.2, 0.25) is 0 Å². The summed E-state index contributed by atoms with van der Waals surface area (Å²) >= 11 is 0. The van der Waals surface area contributed by atoms with Crippen molar-refractivity contribution in [2.24, 2.45) is 0 Å². The number of benzene rings is 2. The van der Waals surface area contributed by atoms with Crippen LogP contribution in [0.1, 0.15) is 21.5 Å². The van der Waals surface area contributed by atoms with E-state index < -0.39 is 0 Å². The molecule has 126 valence electrons. The molecule has 0 fully saturated rings. The van der Waals surface area contributed by atoms with E-state index in [9.17, 15) is 9.59 Å². The van der Waals surface area contributed by atoms with Gasteiger partial charge in [-0.25, -0.2) is 0 Å². The predicted octanol–water partition coefficient (Wildman–Crippen LogP) is 2.26. The lowest BCUT2D eigenvalue weighted by Gasteiger charge is -2.11. The first-order valence-corrected chi connectivity index (χ1v) is 7.70. The van der Waals surface area contributed by atoms with E-state index in [-0.39, 0.29) is 18.2 Å². The highest BCUT2D eigenvalue weighted by molar-refractivity contribution is 5.93. The fraction of sp³-hybridized carbons (Fsp3) is 0.263. The number of rotatable bonds is 6. The number of hydrogen-bond donors (Lipinski definition) is 1. The number of para-hydroxylation sites is 1. The Labute approximate surface area is 142 Å². The van der Waals surface area contributed by atoms with Crippen molar-refractivity contribution in [3.05, 3.63) is 65.2 Å². The number of amides is 2. The Kier molecular flexibility index (Phi) is 5.95. The fourth-order valence-corrected chi connectivity index (χ4v) is 2.31. The van der Waals surface area contributed by atoms with Gasteiger partial charge in [0.2, 0.25) is 5.91 Å². The standard InChI is InChI=1S/C19H22N2O3/c1-21(2)19(23)15-10-8-14(9-11-15)13-20-18(22)12-16-6-4-5-7-17(16)24-3/h4-11H,12-13H2,1-3H3,(H,20,22). The Morgan fingerprint density at radius 2 is 1.71 bits per heavy atom. The highest BCUT2D eigenvalue weighted by Crippen LogP contribution is 2.17. The summed E-state index contributed by atoms with van der Waals surface area (Å²) in [5.41, 5.74) is 2.42. The molecule has 0 unspecified atom stereocenters. The molecule has 24 heavy (non-hydrogen) atoms. The smallest absolute Gasteiger partial charge is 0.253 e. The summed E-state index contributed by atoms with van der Waals surface area (Å²) in [5, 5.41) is 2.88. The molecular weight excluding hydrogens is 304 g/mol. The minimum Gasteiger partial charge on any atom is -0.496 e. The molecule has 2 rings (SSSR count). The first-order chi connectivity index (χ1) is 11.5. The third kappa shape index (κ3) is 4.59. The largest absolute Gasteiger partial charge is 0.496 e. The van der Waals surface area contributed by atoms with Crippen molar-refractivity contribution >= 4 is 11.8 Å². The normalized spacial score (nSPS) is 10.1. The third-order valence-corrected chi connectivity index (χ3v) is 3.64. The molecule has 0 aromatic heterocycles. The first-order valence-electron chi connectivity index (χ1n) is 7.70. The molecule has 0 aliphatic heterocycles. The van der Waals surface area contributed by atoms with Crippen LogP contribution in [-0.4, -0.2) is 37.9 Å². The molecule has 2 aromatic rings. The maximum atomic E-state index is 12.1. The topological polar surface area (TPSA) is 58.6 Å². The van der Waals surface area contributed by atoms with E-state index in [0.29, 0.717) is 17.9 Å². The van der Waals surface area contributed by atoms with Gasteiger partial charge in [0.25, 0.3) is 5.91 Å². The summed E-state index contributed by atoms with van der Waals surface area (Å²) in [6, 6.07) is 14.7. The monoisotopic (exact) mass is 326 g/mol. The van der Waals surface area contributed by atoms with Crippen LogP contribution in [0.25, 0.3) is 0 Å². The minimum absolute atomic E-state index is 0.0400. The Balaban J connectivity index is 1.91. The number of nitrogens with zero attached hydrogens (tertiary/aromatic N) is 1. The van der Waals surface area contributed by atoms with Crippen molar-refractivity contribution in [3.8, 4) is 5.75 Å². The van der Waals surface area contributed by atoms with E-state index in [0.717, 1.165) is 11.1 Å². The van der Waals surface area contributed by atoms with E-state index in [2.05, 4.69) is 5.32 Å². The Morgan fingerprint density at radius 1 is 1.04 bits per heavy atom. The van der Waals surface area contributed by atoms with E-state index >= 15 is 0 Å². The number of methoxy groups -OCH3 is 1. The van der Waals surface area contributed by atoms with Crippen molar-refractivity contribution in [2.75, 3.05) is 21.2 Å². The molecule has 2 amide bonds. The van der Waals surface area contributed by atoms with Crippen LogP contribution in [0.3, 0.4) is 0 Å². The van der Waals surface area contributed by atoms with E-state index in [1.54, 1.807) is 33.3 Å². The first kappa shape index (κ1) is 17.5. The molecule has 5 nitrogen and oxygen atoms in total. The van der Waals surface area contributed by atoms with Gasteiger partial charge in [0.15, 0.2) is 0 Å². The number of carbonyl (C=O) groups is 2. The fourth-order valence-electron chi connectivity index (χ4n) is 2.31. The summed E-state index contributed by atoms with van der Waals surface area (Å²) in [5.74, 6) is 0.592. The lowest BCUT2D eigenvalue weighted by Crippen LogP contribution is -2.25. The zero-order chi connectivity index (χ0) is 17.5. The van der Waals surface area contributed by atoms with Crippen LogP contribution >= 0.6 is 0 Å². The van der Waals surface area contributed by atoms with Crippen LogP contribution in [0.4, 0.5) is 0 Å². The maximum absolute atomic E-state index is 12.1. The van der Waals surface area contributed by atoms with Crippen LogP contribution in [-0.2, 0) is 17.8 Å². The van der Waals surface area contributed by atoms with Crippen LogP contribution < -0.4 is 10.1 Å². The molecule has 0 spiro atoms. The highest BCUT2D eigenvalue weighted by Gasteiger charge is 2.09. The minimum atomic E-state index is -0.0760. The summed E-state index contributed by atoms with van der Waals surface area (Å²) in [6.07, 6.45) is 0.265. The van der Waals surface area contributed by atoms with E-state index in [4.69, 9.17) is 4.74 Å². The summed E-state index contributed by atoms with van der Waals surface area (Å²) in [7, 11) is 5.02. The van der Waals surface area contributed by atoms with Crippen LogP contribution in [0.5, 0.6) is 5.75 Å². The molecule has 0 bridgehead atoms. The Bertz CT molecular complexity index is 709. The number of hydrogen-bond acceptors (Lipinski definition) is 3. The average Bonchev–Trinajstić information content (AvgIpc) is 2.60. The molecular formula is C19H22N2O3. The molecule has 0 saturated heterocycles. The molecule has 0 heterocycles. The van der Waals surface area contributed by atoms with Gasteiger partial charge >= 0.3 is 0 Å². The molecule has 5 heteroatoms. The van der Waals surface area contributed by atoms with Gasteiger partial charge in [0.1, 0.15) is 5.75 Å². The quantitative estimate of drug-likeness (QED) is 0.886. The van der Waals surface area contributed by atoms with Crippen molar-refractivity contribution in [1.29, 1.82) is 0 Å². The summed E-state index contributed by atoms with van der Waals surface area (Å²) in [4.78, 5) is 25.5. The second-order valence-electron chi connectivity index (χ2n) is 5.66. The summed E-state index contributed by atoms with van der Waals surface area (Å²) < 4.78 is 5.25. The zero-order valence-corrected chi connectivity index (χ0v) is 14.2. The third-order valence-electron chi connectivity index (χ3n) is 3.64. The lowest BCUT2D eigenvalue weighted by atomic mass is 10.1. The Hall–Kier alpha value is -2.82. The lowest BCUT2D eigenvalue weighted by molar-refractivity contribution is -0.120. The Morgan fingerprint density at radius 3 is 2.33 bits per heavy atom. The molecule has 1 N–H and O–H groups in total. The van der Waals surface area contributed by atoms with Crippen molar-refractivity contribution < 1.29 is 14.3 Å². The van der Waals surface area contributed by atoms with Crippen molar-refractivity contribution in [3.63, 3.8) is 0 Å². The van der Waals surface area contributed by atoms with Gasteiger partial charge in [-0.15, -0.1) is 0 Å². The maximum Gasteiger partial charge on any atom is 0.253 e. The van der Waals surface area contributed by atoms with Crippen molar-refractivity contribution in [2.45, 2.75) is 13.0 Å². The molecule has 0 aliphatic rings. The molecule has 0 atom stereocenters. The van der Waals surface area contributed by atoms with Gasteiger partial charge in [0, 0.05) is 31.8 Å². The van der Waals surface area contributed by atoms with Gasteiger partial charge in [0.05, 0.1) is 13.5 Å². The van der Waals surface area contributed by atoms with E-state index in [1.807, 2.05) is 36.4 Å². The van der Waals surface area contributed by atoms with Crippen LogP contribution in [0.15, 0.2) is 48.5 Å². The van der Waals surface area contributed by atoms with Gasteiger partial charge in [-0.2, -0.15) is 0 Å². The number of nitrogens with one attached hydrogen (secondary N) is 1. The van der Waals surface area contributed by atoms with Gasteiger partial charge in [-0.05, 0) is 23.8 Å². The van der Waals surface area contributed by atoms with Crippen molar-refractivity contribution in [1.82, 2.24) is 10.2 Å². The molecule has 2 aromatic carbocycles. The van der Waals surface area contributed by atoms with E-state index in [1.165, 1.54) is 4.90 Å². The average molecular weight is 326 g/mol. The van der Waals surface area contributed by atoms with Gasteiger partial charge in [-0.1, -0.05) is 30.3 Å². The van der Waals surface area contributed by atoms with Gasteiger partial charge in [-0.3, -0.25) is 9.59 Å². The molecule has 0 saturated carbocycles.